The van der Waals surface area contributed by atoms with E-state index < -0.39 is 28.0 Å². The molecule has 1 saturated heterocycles. The molecular formula is C28H32F2N2O4S. The highest BCUT2D eigenvalue weighted by Gasteiger charge is 2.45. The Kier molecular flexibility index (Phi) is 6.87. The van der Waals surface area contributed by atoms with Crippen LogP contribution in [0.15, 0.2) is 59.5 Å². The molecule has 9 heteroatoms. The smallest absolute Gasteiger partial charge is 0.248 e. The van der Waals surface area contributed by atoms with E-state index in [9.17, 15) is 22.0 Å². The van der Waals surface area contributed by atoms with Crippen molar-refractivity contribution in [3.63, 3.8) is 0 Å². The number of aryl methyl sites for hydroxylation is 1. The van der Waals surface area contributed by atoms with Gasteiger partial charge in [-0.25, -0.2) is 17.2 Å². The first-order chi connectivity index (χ1) is 17.5. The number of ether oxygens (including phenoxy) is 1. The zero-order valence-corrected chi connectivity index (χ0v) is 21.8. The van der Waals surface area contributed by atoms with Crippen LogP contribution >= 0.6 is 0 Å². The minimum Gasteiger partial charge on any atom is -0.493 e. The Hall–Kier alpha value is -2.78. The minimum atomic E-state index is -3.96. The third-order valence-electron chi connectivity index (χ3n) is 7.65. The van der Waals surface area contributed by atoms with Crippen LogP contribution in [0.5, 0.6) is 5.75 Å². The van der Waals surface area contributed by atoms with Gasteiger partial charge in [0.05, 0.1) is 11.5 Å². The third-order valence-corrected chi connectivity index (χ3v) is 9.51. The largest absolute Gasteiger partial charge is 0.493 e. The molecule has 37 heavy (non-hydrogen) atoms. The van der Waals surface area contributed by atoms with Crippen LogP contribution < -0.4 is 4.74 Å². The number of nitrogens with zero attached hydrogens (tertiary/aromatic N) is 2. The van der Waals surface area contributed by atoms with Crippen molar-refractivity contribution in [2.45, 2.75) is 74.9 Å². The van der Waals surface area contributed by atoms with Crippen molar-refractivity contribution in [2.75, 3.05) is 13.2 Å². The molecule has 0 radical (unpaired) electrons. The van der Waals surface area contributed by atoms with E-state index in [0.717, 1.165) is 28.9 Å². The first-order valence-electron chi connectivity index (χ1n) is 12.7. The predicted octanol–water partition coefficient (Wildman–Crippen LogP) is 4.86. The molecule has 2 aliphatic heterocycles. The molecule has 1 saturated carbocycles. The second-order valence-electron chi connectivity index (χ2n) is 10.4. The zero-order chi connectivity index (χ0) is 26.4. The van der Waals surface area contributed by atoms with Crippen LogP contribution in [0.1, 0.15) is 48.8 Å². The lowest BCUT2D eigenvalue weighted by molar-refractivity contribution is -0.141. The van der Waals surface area contributed by atoms with E-state index in [0.29, 0.717) is 12.2 Å². The van der Waals surface area contributed by atoms with Gasteiger partial charge in [0, 0.05) is 38.4 Å². The normalized spacial score (nSPS) is 22.0. The number of rotatable bonds is 6. The fraction of sp³-hybridized carbons (Fsp3) is 0.464. The number of carbonyl (C=O) groups is 1. The summed E-state index contributed by atoms with van der Waals surface area (Å²) in [4.78, 5) is 15.8. The van der Waals surface area contributed by atoms with E-state index in [1.54, 1.807) is 29.2 Å². The lowest BCUT2D eigenvalue weighted by atomic mass is 9.90. The number of amides is 1. The van der Waals surface area contributed by atoms with E-state index in [-0.39, 0.29) is 56.0 Å². The van der Waals surface area contributed by atoms with E-state index in [1.807, 2.05) is 25.1 Å². The van der Waals surface area contributed by atoms with Gasteiger partial charge in [-0.3, -0.25) is 4.79 Å². The Morgan fingerprint density at radius 1 is 1.16 bits per heavy atom. The van der Waals surface area contributed by atoms with Crippen molar-refractivity contribution in [2.24, 2.45) is 0 Å². The van der Waals surface area contributed by atoms with E-state index >= 15 is 0 Å². The summed E-state index contributed by atoms with van der Waals surface area (Å²) in [5.74, 6) is -2.33. The molecule has 0 bridgehead atoms. The summed E-state index contributed by atoms with van der Waals surface area (Å²) in [6.07, 6.45) is 0.773. The van der Waals surface area contributed by atoms with Gasteiger partial charge in [0.25, 0.3) is 0 Å². The highest BCUT2D eigenvalue weighted by Crippen LogP contribution is 2.38. The van der Waals surface area contributed by atoms with E-state index in [4.69, 9.17) is 4.74 Å². The summed E-state index contributed by atoms with van der Waals surface area (Å²) in [6.45, 7) is 6.71. The van der Waals surface area contributed by atoms with Gasteiger partial charge in [0.1, 0.15) is 11.8 Å². The molecule has 1 aliphatic carbocycles. The molecule has 6 nitrogen and oxygen atoms in total. The SMILES string of the molecule is C=C1C[C@@H](C(=O)N(Cc2ccc3c(c2)OCC3)C2CCC(F)(F)CC2)N(S(=O)(=O)c2ccc(C)cc2)C1. The van der Waals surface area contributed by atoms with Gasteiger partial charge in [-0.2, -0.15) is 4.31 Å². The summed E-state index contributed by atoms with van der Waals surface area (Å²) in [6, 6.07) is 11.0. The molecule has 2 aromatic carbocycles. The molecule has 2 aromatic rings. The van der Waals surface area contributed by atoms with Gasteiger partial charge in [0.15, 0.2) is 0 Å². The highest BCUT2D eigenvalue weighted by molar-refractivity contribution is 7.89. The van der Waals surface area contributed by atoms with Crippen molar-refractivity contribution in [3.8, 4) is 5.75 Å². The van der Waals surface area contributed by atoms with Crippen molar-refractivity contribution in [1.82, 2.24) is 9.21 Å². The Morgan fingerprint density at radius 3 is 2.57 bits per heavy atom. The van der Waals surface area contributed by atoms with Crippen molar-refractivity contribution >= 4 is 15.9 Å². The highest BCUT2D eigenvalue weighted by atomic mass is 32.2. The minimum absolute atomic E-state index is 0.0515. The van der Waals surface area contributed by atoms with Crippen molar-refractivity contribution < 1.29 is 26.7 Å². The maximum atomic E-state index is 14.1. The molecule has 1 amide bonds. The Labute approximate surface area is 217 Å². The number of hydrogen-bond donors (Lipinski definition) is 0. The molecule has 2 fully saturated rings. The quantitative estimate of drug-likeness (QED) is 0.501. The average Bonchev–Trinajstić information content (AvgIpc) is 3.49. The summed E-state index contributed by atoms with van der Waals surface area (Å²) < 4.78 is 62.0. The van der Waals surface area contributed by atoms with Crippen LogP contribution in [-0.2, 0) is 27.8 Å². The monoisotopic (exact) mass is 530 g/mol. The van der Waals surface area contributed by atoms with Crippen LogP contribution in [-0.4, -0.2) is 54.7 Å². The van der Waals surface area contributed by atoms with Crippen LogP contribution in [0.4, 0.5) is 8.78 Å². The second-order valence-corrected chi connectivity index (χ2v) is 12.3. The second kappa shape index (κ2) is 9.83. The lowest BCUT2D eigenvalue weighted by Crippen LogP contribution is -2.52. The van der Waals surface area contributed by atoms with Crippen LogP contribution in [0.3, 0.4) is 0 Å². The maximum absolute atomic E-state index is 14.1. The standard InChI is InChI=1S/C28H32F2N2O4S/c1-19-3-7-24(8-4-19)37(34,35)32-17-20(2)15-25(32)27(33)31(23-9-12-28(29,30)13-10-23)18-21-5-6-22-11-14-36-26(22)16-21/h3-8,16,23,25H,2,9-15,17-18H2,1H3/t25-/m0/s1. The Bertz CT molecular complexity index is 1300. The molecule has 3 aliphatic rings. The summed E-state index contributed by atoms with van der Waals surface area (Å²) >= 11 is 0. The number of fused-ring (bicyclic) bond motifs is 1. The van der Waals surface area contributed by atoms with Gasteiger partial charge in [-0.05, 0) is 55.5 Å². The summed E-state index contributed by atoms with van der Waals surface area (Å²) in [5, 5.41) is 0. The van der Waals surface area contributed by atoms with Gasteiger partial charge >= 0.3 is 0 Å². The predicted molar refractivity (Wildman–Crippen MR) is 136 cm³/mol. The van der Waals surface area contributed by atoms with E-state index in [1.165, 1.54) is 4.31 Å². The maximum Gasteiger partial charge on any atom is 0.248 e. The van der Waals surface area contributed by atoms with Crippen molar-refractivity contribution in [3.05, 3.63) is 71.3 Å². The van der Waals surface area contributed by atoms with E-state index in [2.05, 4.69) is 6.58 Å². The van der Waals surface area contributed by atoms with Crippen LogP contribution in [0, 0.1) is 6.92 Å². The molecule has 0 spiro atoms. The Balaban J connectivity index is 1.45. The first kappa shape index (κ1) is 25.9. The van der Waals surface area contributed by atoms with Gasteiger partial charge in [-0.1, -0.05) is 42.0 Å². The fourth-order valence-electron chi connectivity index (χ4n) is 5.50. The molecule has 0 aromatic heterocycles. The van der Waals surface area contributed by atoms with Gasteiger partial charge in [-0.15, -0.1) is 0 Å². The molecule has 5 rings (SSSR count). The number of halogens is 2. The number of benzene rings is 2. The fourth-order valence-corrected chi connectivity index (χ4v) is 7.10. The van der Waals surface area contributed by atoms with Gasteiger partial charge < -0.3 is 9.64 Å². The van der Waals surface area contributed by atoms with Crippen LogP contribution in [0.2, 0.25) is 0 Å². The van der Waals surface area contributed by atoms with Gasteiger partial charge in [0.2, 0.25) is 21.9 Å². The molecule has 198 valence electrons. The van der Waals surface area contributed by atoms with Crippen molar-refractivity contribution in [1.29, 1.82) is 0 Å². The number of carbonyl (C=O) groups excluding carboxylic acids is 1. The molecule has 1 atom stereocenters. The average molecular weight is 531 g/mol. The lowest BCUT2D eigenvalue weighted by Gasteiger charge is -2.39. The summed E-state index contributed by atoms with van der Waals surface area (Å²) in [7, 11) is -3.96. The molecular weight excluding hydrogens is 498 g/mol. The topological polar surface area (TPSA) is 66.9 Å². The Morgan fingerprint density at radius 2 is 1.86 bits per heavy atom. The number of sulfonamides is 1. The molecule has 0 unspecified atom stereocenters. The first-order valence-corrected chi connectivity index (χ1v) is 14.2. The molecule has 2 heterocycles. The number of alkyl halides is 2. The summed E-state index contributed by atoms with van der Waals surface area (Å²) in [5.41, 5.74) is 3.50. The molecule has 0 N–H and O–H groups in total. The number of hydrogen-bond acceptors (Lipinski definition) is 4. The van der Waals surface area contributed by atoms with Crippen LogP contribution in [0.25, 0.3) is 0 Å². The zero-order valence-electron chi connectivity index (χ0n) is 21.0. The third kappa shape index (κ3) is 5.29.